The number of hydrogen-bond acceptors (Lipinski definition) is 4. The maximum absolute atomic E-state index is 12.1. The van der Waals surface area contributed by atoms with Crippen LogP contribution in [0.3, 0.4) is 0 Å². The normalized spacial score (nSPS) is 11.9. The van der Waals surface area contributed by atoms with E-state index in [1.807, 2.05) is 12.1 Å². The molecule has 0 aromatic heterocycles. The van der Waals surface area contributed by atoms with Crippen molar-refractivity contribution in [3.63, 3.8) is 0 Å². The fourth-order valence-electron chi connectivity index (χ4n) is 2.68. The molecule has 0 fully saturated rings. The van der Waals surface area contributed by atoms with Gasteiger partial charge in [0.1, 0.15) is 0 Å². The van der Waals surface area contributed by atoms with Gasteiger partial charge in [0, 0.05) is 36.8 Å². The first-order chi connectivity index (χ1) is 12.5. The lowest BCUT2D eigenvalue weighted by molar-refractivity contribution is -0.121. The van der Waals surface area contributed by atoms with Gasteiger partial charge in [-0.2, -0.15) is 0 Å². The van der Waals surface area contributed by atoms with Crippen molar-refractivity contribution in [3.05, 3.63) is 53.1 Å². The van der Waals surface area contributed by atoms with Crippen LogP contribution in [0.25, 0.3) is 0 Å². The fourth-order valence-corrected chi connectivity index (χ4v) is 2.80. The van der Waals surface area contributed by atoms with Crippen LogP contribution in [-0.2, 0) is 16.0 Å². The van der Waals surface area contributed by atoms with Crippen molar-refractivity contribution in [2.24, 2.45) is 0 Å². The minimum atomic E-state index is -0.115. The molecular weight excluding hydrogens is 356 g/mol. The molecule has 0 spiro atoms. The van der Waals surface area contributed by atoms with E-state index in [2.05, 4.69) is 5.32 Å². The first-order valence-electron chi connectivity index (χ1n) is 8.22. The number of hydrogen-bond donors (Lipinski definition) is 1. The van der Waals surface area contributed by atoms with Crippen molar-refractivity contribution in [2.75, 3.05) is 24.8 Å². The van der Waals surface area contributed by atoms with Crippen LogP contribution in [0.15, 0.2) is 42.5 Å². The number of carbonyl (C=O) groups excluding carboxylic acids is 2. The number of carbonyl (C=O) groups is 2. The van der Waals surface area contributed by atoms with Gasteiger partial charge in [0.15, 0.2) is 11.5 Å². The molecule has 1 N–H and O–H groups in total. The maximum Gasteiger partial charge on any atom is 0.231 e. The van der Waals surface area contributed by atoms with Crippen LogP contribution in [0.2, 0.25) is 5.02 Å². The molecule has 0 radical (unpaired) electrons. The van der Waals surface area contributed by atoms with E-state index in [0.29, 0.717) is 35.3 Å². The van der Waals surface area contributed by atoms with Crippen molar-refractivity contribution >= 4 is 29.1 Å². The lowest BCUT2D eigenvalue weighted by Gasteiger charge is -2.21. The van der Waals surface area contributed by atoms with E-state index < -0.39 is 0 Å². The molecule has 0 atom stereocenters. The zero-order chi connectivity index (χ0) is 18.5. The lowest BCUT2D eigenvalue weighted by Crippen LogP contribution is -2.38. The van der Waals surface area contributed by atoms with Gasteiger partial charge >= 0.3 is 0 Å². The number of fused-ring (bicyclic) bond motifs is 1. The number of nitrogens with one attached hydrogen (secondary N) is 1. The summed E-state index contributed by atoms with van der Waals surface area (Å²) in [5.41, 5.74) is 1.58. The summed E-state index contributed by atoms with van der Waals surface area (Å²) < 4.78 is 10.6. The van der Waals surface area contributed by atoms with Gasteiger partial charge in [0.05, 0.1) is 6.42 Å². The molecule has 3 rings (SSSR count). The van der Waals surface area contributed by atoms with Gasteiger partial charge in [-0.3, -0.25) is 9.59 Å². The second-order valence-electron chi connectivity index (χ2n) is 5.86. The molecule has 1 aliphatic rings. The molecule has 1 aliphatic heterocycles. The van der Waals surface area contributed by atoms with E-state index in [9.17, 15) is 9.59 Å². The zero-order valence-electron chi connectivity index (χ0n) is 14.3. The fraction of sp³-hybridized carbons (Fsp3) is 0.263. The van der Waals surface area contributed by atoms with E-state index in [4.69, 9.17) is 21.1 Å². The first-order valence-corrected chi connectivity index (χ1v) is 8.59. The highest BCUT2D eigenvalue weighted by Crippen LogP contribution is 2.35. The third kappa shape index (κ3) is 4.46. The summed E-state index contributed by atoms with van der Waals surface area (Å²) in [5.74, 6) is 1.05. The van der Waals surface area contributed by atoms with Crippen LogP contribution in [0.5, 0.6) is 11.5 Å². The monoisotopic (exact) mass is 374 g/mol. The summed E-state index contributed by atoms with van der Waals surface area (Å²) >= 11 is 5.84. The minimum absolute atomic E-state index is 0.110. The summed E-state index contributed by atoms with van der Waals surface area (Å²) in [4.78, 5) is 25.6. The first kappa shape index (κ1) is 18.1. The van der Waals surface area contributed by atoms with Crippen LogP contribution in [0.4, 0.5) is 5.69 Å². The van der Waals surface area contributed by atoms with E-state index in [0.717, 1.165) is 5.56 Å². The van der Waals surface area contributed by atoms with E-state index >= 15 is 0 Å². The van der Waals surface area contributed by atoms with Gasteiger partial charge in [-0.25, -0.2) is 0 Å². The Morgan fingerprint density at radius 2 is 1.85 bits per heavy atom. The highest BCUT2D eigenvalue weighted by atomic mass is 35.5. The molecule has 7 heteroatoms. The number of anilines is 1. The third-order valence-electron chi connectivity index (χ3n) is 3.98. The predicted molar refractivity (Wildman–Crippen MR) is 98.8 cm³/mol. The van der Waals surface area contributed by atoms with Crippen LogP contribution < -0.4 is 19.7 Å². The Morgan fingerprint density at radius 1 is 1.12 bits per heavy atom. The molecule has 136 valence electrons. The quantitative estimate of drug-likeness (QED) is 0.844. The Bertz CT molecular complexity index is 808. The molecule has 26 heavy (non-hydrogen) atoms. The van der Waals surface area contributed by atoms with Crippen LogP contribution in [0, 0.1) is 0 Å². The van der Waals surface area contributed by atoms with Gasteiger partial charge in [-0.15, -0.1) is 0 Å². The average molecular weight is 375 g/mol. The van der Waals surface area contributed by atoms with Crippen molar-refractivity contribution in [1.29, 1.82) is 0 Å². The second-order valence-corrected chi connectivity index (χ2v) is 6.30. The molecule has 0 aliphatic carbocycles. The summed E-state index contributed by atoms with van der Waals surface area (Å²) in [7, 11) is 0. The Kier molecular flexibility index (Phi) is 5.63. The van der Waals surface area contributed by atoms with Crippen LogP contribution in [-0.4, -0.2) is 31.7 Å². The van der Waals surface area contributed by atoms with Gasteiger partial charge < -0.3 is 19.7 Å². The molecule has 2 aromatic carbocycles. The number of amides is 2. The molecule has 2 amide bonds. The van der Waals surface area contributed by atoms with Crippen LogP contribution >= 0.6 is 11.6 Å². The number of ether oxygens (including phenoxy) is 2. The van der Waals surface area contributed by atoms with E-state index in [1.54, 1.807) is 35.2 Å². The highest BCUT2D eigenvalue weighted by Gasteiger charge is 2.18. The second kappa shape index (κ2) is 8.10. The lowest BCUT2D eigenvalue weighted by atomic mass is 10.1. The van der Waals surface area contributed by atoms with E-state index in [1.165, 1.54) is 6.92 Å². The van der Waals surface area contributed by atoms with Crippen molar-refractivity contribution in [2.45, 2.75) is 13.3 Å². The maximum atomic E-state index is 12.1. The molecule has 0 saturated carbocycles. The van der Waals surface area contributed by atoms with Gasteiger partial charge in [-0.05, 0) is 29.8 Å². The molecule has 1 heterocycles. The minimum Gasteiger partial charge on any atom is -0.454 e. The largest absolute Gasteiger partial charge is 0.454 e. The van der Waals surface area contributed by atoms with Gasteiger partial charge in [0.25, 0.3) is 0 Å². The summed E-state index contributed by atoms with van der Waals surface area (Å²) in [6.45, 7) is 2.38. The van der Waals surface area contributed by atoms with Crippen molar-refractivity contribution < 1.29 is 19.1 Å². The molecular formula is C19H19ClN2O4. The topological polar surface area (TPSA) is 67.9 Å². The van der Waals surface area contributed by atoms with Gasteiger partial charge in [-0.1, -0.05) is 23.7 Å². The summed E-state index contributed by atoms with van der Waals surface area (Å²) in [5, 5.41) is 3.47. The number of rotatable bonds is 6. The Hall–Kier alpha value is -2.73. The Labute approximate surface area is 156 Å². The summed E-state index contributed by atoms with van der Waals surface area (Å²) in [6, 6.07) is 12.5. The third-order valence-corrected chi connectivity index (χ3v) is 4.24. The highest BCUT2D eigenvalue weighted by molar-refractivity contribution is 6.30. The molecule has 0 saturated heterocycles. The predicted octanol–water partition coefficient (Wildman–Crippen LogP) is 2.78. The standard InChI is InChI=1S/C19H19ClN2O4/c1-13(23)22(16-6-7-17-18(11-16)26-12-25-17)9-8-21-19(24)10-14-2-4-15(20)5-3-14/h2-7,11H,8-10,12H2,1H3,(H,21,24). The number of halogens is 1. The Balaban J connectivity index is 1.55. The molecule has 2 aromatic rings. The van der Waals surface area contributed by atoms with Crippen molar-refractivity contribution in [1.82, 2.24) is 5.32 Å². The van der Waals surface area contributed by atoms with Crippen molar-refractivity contribution in [3.8, 4) is 11.5 Å². The smallest absolute Gasteiger partial charge is 0.231 e. The Morgan fingerprint density at radius 3 is 2.58 bits per heavy atom. The van der Waals surface area contributed by atoms with E-state index in [-0.39, 0.29) is 25.0 Å². The molecule has 6 nitrogen and oxygen atoms in total. The average Bonchev–Trinajstić information content (AvgIpc) is 3.08. The summed E-state index contributed by atoms with van der Waals surface area (Å²) in [6.07, 6.45) is 0.265. The molecule has 0 bridgehead atoms. The molecule has 0 unspecified atom stereocenters. The van der Waals surface area contributed by atoms with Crippen LogP contribution in [0.1, 0.15) is 12.5 Å². The van der Waals surface area contributed by atoms with Gasteiger partial charge in [0.2, 0.25) is 18.6 Å². The SMILES string of the molecule is CC(=O)N(CCNC(=O)Cc1ccc(Cl)cc1)c1ccc2c(c1)OCO2. The number of nitrogens with zero attached hydrogens (tertiary/aromatic N) is 1. The zero-order valence-corrected chi connectivity index (χ0v) is 15.1. The number of benzene rings is 2.